The van der Waals surface area contributed by atoms with Gasteiger partial charge in [0.2, 0.25) is 0 Å². The van der Waals surface area contributed by atoms with Gasteiger partial charge in [0.05, 0.1) is 44.3 Å². The van der Waals surface area contributed by atoms with Gasteiger partial charge in [0.1, 0.15) is 16.9 Å². The maximum atomic E-state index is 12.9. The molecule has 0 aliphatic carbocycles. The van der Waals surface area contributed by atoms with Crippen LogP contribution in [0, 0.1) is 0 Å². The molecule has 0 unspecified atom stereocenters. The predicted octanol–water partition coefficient (Wildman–Crippen LogP) is 3.74. The summed E-state index contributed by atoms with van der Waals surface area (Å²) in [4.78, 5) is 41.9. The van der Waals surface area contributed by atoms with Crippen LogP contribution in [0.15, 0.2) is 17.2 Å². The predicted molar refractivity (Wildman–Crippen MR) is 129 cm³/mol. The van der Waals surface area contributed by atoms with Crippen LogP contribution < -0.4 is 14.9 Å². The summed E-state index contributed by atoms with van der Waals surface area (Å²) in [7, 11) is 0. The van der Waals surface area contributed by atoms with Crippen LogP contribution in [0.25, 0.3) is 10.9 Å². The Morgan fingerprint density at radius 1 is 0.857 bits per heavy atom. The summed E-state index contributed by atoms with van der Waals surface area (Å²) in [5.74, 6) is -1.47. The molecule has 0 saturated heterocycles. The average molecular weight is 490 g/mol. The second kappa shape index (κ2) is 13.1. The van der Waals surface area contributed by atoms with Crippen LogP contribution in [0.5, 0.6) is 11.5 Å². The van der Waals surface area contributed by atoms with Crippen molar-refractivity contribution in [2.45, 2.75) is 41.5 Å². The van der Waals surface area contributed by atoms with E-state index in [0.29, 0.717) is 12.4 Å². The summed E-state index contributed by atoms with van der Waals surface area (Å²) in [6, 6.07) is 2.87. The van der Waals surface area contributed by atoms with E-state index in [1.165, 1.54) is 13.0 Å². The molecule has 0 aliphatic rings. The van der Waals surface area contributed by atoms with Gasteiger partial charge < -0.3 is 23.7 Å². The molecule has 11 nitrogen and oxygen atoms in total. The van der Waals surface area contributed by atoms with Crippen LogP contribution >= 0.6 is 0 Å². The second-order valence-electron chi connectivity index (χ2n) is 6.87. The number of nitrogens with one attached hydrogen (secondary N) is 1. The van der Waals surface area contributed by atoms with Gasteiger partial charge in [0.25, 0.3) is 0 Å². The summed E-state index contributed by atoms with van der Waals surface area (Å²) < 4.78 is 26.8. The van der Waals surface area contributed by atoms with Crippen molar-refractivity contribution < 1.29 is 38.1 Å². The van der Waals surface area contributed by atoms with Crippen LogP contribution in [0.4, 0.5) is 5.69 Å². The van der Waals surface area contributed by atoms with Crippen molar-refractivity contribution in [2.24, 2.45) is 5.10 Å². The number of benzene rings is 1. The highest BCUT2D eigenvalue weighted by Gasteiger charge is 2.26. The highest BCUT2D eigenvalue weighted by atomic mass is 16.5. The van der Waals surface area contributed by atoms with E-state index in [2.05, 4.69) is 15.5 Å². The van der Waals surface area contributed by atoms with Gasteiger partial charge in [0, 0.05) is 11.5 Å². The van der Waals surface area contributed by atoms with Crippen molar-refractivity contribution in [1.82, 2.24) is 4.98 Å². The molecule has 0 saturated carbocycles. The second-order valence-corrected chi connectivity index (χ2v) is 6.87. The van der Waals surface area contributed by atoms with Crippen molar-refractivity contribution in [3.8, 4) is 11.5 Å². The van der Waals surface area contributed by atoms with E-state index < -0.39 is 17.9 Å². The molecule has 1 N–H and O–H groups in total. The van der Waals surface area contributed by atoms with Gasteiger partial charge in [-0.05, 0) is 47.6 Å². The van der Waals surface area contributed by atoms with E-state index in [-0.39, 0.29) is 65.7 Å². The van der Waals surface area contributed by atoms with Crippen LogP contribution in [0.1, 0.15) is 62.4 Å². The quantitative estimate of drug-likeness (QED) is 0.203. The summed E-state index contributed by atoms with van der Waals surface area (Å²) in [6.45, 7) is 11.1. The van der Waals surface area contributed by atoms with Crippen LogP contribution in [-0.4, -0.2) is 61.6 Å². The standard InChI is InChI=1S/C24H31N3O8/c1-7-31-18-13-16(27-26-14(6)22(28)33-9-3)19-15(23(29)34-10-4)12-17(24(30)35-11-5)25-20(19)21(18)32-8-2/h12-13,27H,7-11H2,1-6H3/b26-14-. The number of esters is 3. The number of pyridine rings is 1. The molecule has 1 heterocycles. The minimum Gasteiger partial charge on any atom is -0.490 e. The molecule has 0 amide bonds. The van der Waals surface area contributed by atoms with E-state index in [9.17, 15) is 14.4 Å². The molecule has 190 valence electrons. The number of hydrazone groups is 1. The van der Waals surface area contributed by atoms with Crippen molar-refractivity contribution in [2.75, 3.05) is 38.5 Å². The maximum Gasteiger partial charge on any atom is 0.356 e. The Kier molecular flexibility index (Phi) is 10.2. The van der Waals surface area contributed by atoms with Crippen LogP contribution in [-0.2, 0) is 19.0 Å². The first kappa shape index (κ1) is 27.4. The first-order valence-corrected chi connectivity index (χ1v) is 11.4. The monoisotopic (exact) mass is 489 g/mol. The first-order valence-electron chi connectivity index (χ1n) is 11.4. The largest absolute Gasteiger partial charge is 0.490 e. The first-order chi connectivity index (χ1) is 16.8. The fourth-order valence-electron chi connectivity index (χ4n) is 3.11. The smallest absolute Gasteiger partial charge is 0.356 e. The number of carbonyl (C=O) groups excluding carboxylic acids is 3. The van der Waals surface area contributed by atoms with E-state index in [1.54, 1.807) is 40.7 Å². The molecule has 35 heavy (non-hydrogen) atoms. The number of hydrogen-bond donors (Lipinski definition) is 1. The molecule has 2 rings (SSSR count). The zero-order chi connectivity index (χ0) is 26.0. The van der Waals surface area contributed by atoms with Crippen molar-refractivity contribution in [1.29, 1.82) is 0 Å². The number of carbonyl (C=O) groups is 3. The molecule has 11 heteroatoms. The third kappa shape index (κ3) is 6.58. The minimum atomic E-state index is -0.713. The van der Waals surface area contributed by atoms with E-state index in [4.69, 9.17) is 23.7 Å². The van der Waals surface area contributed by atoms with E-state index >= 15 is 0 Å². The number of fused-ring (bicyclic) bond motifs is 1. The number of hydrogen-bond acceptors (Lipinski definition) is 11. The molecule has 0 aliphatic heterocycles. The zero-order valence-electron chi connectivity index (χ0n) is 20.9. The molecule has 1 aromatic carbocycles. The minimum absolute atomic E-state index is 0.0374. The molecule has 0 radical (unpaired) electrons. The summed E-state index contributed by atoms with van der Waals surface area (Å²) in [6.07, 6.45) is 0. The lowest BCUT2D eigenvalue weighted by atomic mass is 10.0. The Morgan fingerprint density at radius 3 is 2.09 bits per heavy atom. The molecule has 0 spiro atoms. The van der Waals surface area contributed by atoms with E-state index in [0.717, 1.165) is 0 Å². The Morgan fingerprint density at radius 2 is 1.49 bits per heavy atom. The Labute approximate surface area is 203 Å². The summed E-state index contributed by atoms with van der Waals surface area (Å²) >= 11 is 0. The Hall–Kier alpha value is -3.89. The lowest BCUT2D eigenvalue weighted by Gasteiger charge is -2.18. The number of nitrogens with zero attached hydrogens (tertiary/aromatic N) is 2. The molecule has 1 aromatic heterocycles. The zero-order valence-corrected chi connectivity index (χ0v) is 20.9. The normalized spacial score (nSPS) is 11.1. The van der Waals surface area contributed by atoms with Gasteiger partial charge in [0.15, 0.2) is 11.5 Å². The van der Waals surface area contributed by atoms with Crippen molar-refractivity contribution >= 4 is 40.2 Å². The Bertz CT molecular complexity index is 1110. The number of anilines is 1. The number of ether oxygens (including phenoxy) is 5. The third-order valence-corrected chi connectivity index (χ3v) is 4.49. The van der Waals surface area contributed by atoms with E-state index in [1.807, 2.05) is 0 Å². The van der Waals surface area contributed by atoms with Crippen LogP contribution in [0.3, 0.4) is 0 Å². The molecule has 0 atom stereocenters. The molecule has 2 aromatic rings. The van der Waals surface area contributed by atoms with Gasteiger partial charge in [-0.3, -0.25) is 5.43 Å². The van der Waals surface area contributed by atoms with Gasteiger partial charge >= 0.3 is 17.9 Å². The van der Waals surface area contributed by atoms with Crippen molar-refractivity contribution in [3.05, 3.63) is 23.4 Å². The van der Waals surface area contributed by atoms with Gasteiger partial charge in [-0.2, -0.15) is 5.10 Å². The van der Waals surface area contributed by atoms with Crippen molar-refractivity contribution in [3.63, 3.8) is 0 Å². The number of rotatable bonds is 12. The van der Waals surface area contributed by atoms with Gasteiger partial charge in [-0.15, -0.1) is 0 Å². The summed E-state index contributed by atoms with van der Waals surface area (Å²) in [5, 5.41) is 4.36. The molecular weight excluding hydrogens is 458 g/mol. The molecule has 0 fully saturated rings. The van der Waals surface area contributed by atoms with Gasteiger partial charge in [-0.1, -0.05) is 0 Å². The molecule has 0 bridgehead atoms. The number of aromatic nitrogens is 1. The molecular formula is C24H31N3O8. The topological polar surface area (TPSA) is 135 Å². The average Bonchev–Trinajstić information content (AvgIpc) is 2.84. The SMILES string of the molecule is CCOC(=O)/C(C)=N\Nc1cc(OCC)c(OCC)c2nc(C(=O)OCC)cc(C(=O)OCC)c12. The third-order valence-electron chi connectivity index (χ3n) is 4.49. The highest BCUT2D eigenvalue weighted by molar-refractivity contribution is 6.35. The fourth-order valence-corrected chi connectivity index (χ4v) is 3.11. The summed E-state index contributed by atoms with van der Waals surface area (Å²) in [5.41, 5.74) is 3.23. The maximum absolute atomic E-state index is 12.9. The lowest BCUT2D eigenvalue weighted by molar-refractivity contribution is -0.135. The highest BCUT2D eigenvalue weighted by Crippen LogP contribution is 2.42. The Balaban J connectivity index is 2.90. The fraction of sp³-hybridized carbons (Fsp3) is 0.458. The van der Waals surface area contributed by atoms with Crippen LogP contribution in [0.2, 0.25) is 0 Å². The van der Waals surface area contributed by atoms with Gasteiger partial charge in [-0.25, -0.2) is 19.4 Å². The lowest BCUT2D eigenvalue weighted by Crippen LogP contribution is -2.16.